The minimum atomic E-state index is -4.63. The van der Waals surface area contributed by atoms with Gasteiger partial charge in [-0.25, -0.2) is 8.42 Å². The average molecular weight is 430 g/mol. The summed E-state index contributed by atoms with van der Waals surface area (Å²) in [7, 11) is -2.84. The van der Waals surface area contributed by atoms with Crippen molar-refractivity contribution < 1.29 is 31.1 Å². The summed E-state index contributed by atoms with van der Waals surface area (Å²) in [4.78, 5) is 11.1. The number of carbonyl (C=O) groups is 1. The fraction of sp³-hybridized carbons (Fsp3) is 0.316. The number of methoxy groups -OCH3 is 1. The molecular weight excluding hydrogens is 409 g/mol. The van der Waals surface area contributed by atoms with Crippen LogP contribution in [0.3, 0.4) is 0 Å². The van der Waals surface area contributed by atoms with Crippen LogP contribution in [-0.2, 0) is 25.7 Å². The van der Waals surface area contributed by atoms with Gasteiger partial charge in [-0.2, -0.15) is 13.2 Å². The lowest BCUT2D eigenvalue weighted by Gasteiger charge is -2.17. The Kier molecular flexibility index (Phi) is 7.12. The van der Waals surface area contributed by atoms with E-state index in [0.717, 1.165) is 23.8 Å². The van der Waals surface area contributed by atoms with Gasteiger partial charge in [-0.05, 0) is 43.7 Å². The largest absolute Gasteiger partial charge is 0.469 e. The van der Waals surface area contributed by atoms with Crippen molar-refractivity contribution in [2.24, 2.45) is 0 Å². The topological polar surface area (TPSA) is 84.5 Å². The summed E-state index contributed by atoms with van der Waals surface area (Å²) in [5.74, 6) is -0.417. The van der Waals surface area contributed by atoms with Crippen LogP contribution < -0.4 is 10.0 Å². The van der Waals surface area contributed by atoms with Crippen molar-refractivity contribution in [2.75, 3.05) is 23.7 Å². The molecule has 2 rings (SSSR count). The minimum absolute atomic E-state index is 0.0721. The third-order valence-electron chi connectivity index (χ3n) is 4.02. The van der Waals surface area contributed by atoms with Gasteiger partial charge in [0, 0.05) is 13.0 Å². The predicted molar refractivity (Wildman–Crippen MR) is 103 cm³/mol. The lowest BCUT2D eigenvalue weighted by atomic mass is 10.1. The SMILES string of the molecule is COC(=O)CCCNc1ccc(C(F)(F)F)cc1NS(=O)(=O)c1ccc(C)cc1. The summed E-state index contributed by atoms with van der Waals surface area (Å²) in [6.07, 6.45) is -4.15. The number of aryl methyl sites for hydroxylation is 1. The Morgan fingerprint density at radius 2 is 1.72 bits per heavy atom. The van der Waals surface area contributed by atoms with E-state index in [9.17, 15) is 26.4 Å². The number of carbonyl (C=O) groups excluding carboxylic acids is 1. The molecule has 0 saturated carbocycles. The van der Waals surface area contributed by atoms with Crippen LogP contribution in [0, 0.1) is 6.92 Å². The van der Waals surface area contributed by atoms with Gasteiger partial charge in [-0.1, -0.05) is 17.7 Å². The maximum absolute atomic E-state index is 13.1. The number of esters is 1. The Morgan fingerprint density at radius 1 is 1.07 bits per heavy atom. The number of rotatable bonds is 8. The van der Waals surface area contributed by atoms with Crippen LogP contribution in [0.4, 0.5) is 24.5 Å². The van der Waals surface area contributed by atoms with E-state index in [1.54, 1.807) is 19.1 Å². The Hall–Kier alpha value is -2.75. The monoisotopic (exact) mass is 430 g/mol. The second-order valence-electron chi connectivity index (χ2n) is 6.28. The molecule has 2 N–H and O–H groups in total. The molecule has 0 unspecified atom stereocenters. The molecule has 0 saturated heterocycles. The Labute approximate surface area is 167 Å². The number of hydrogen-bond donors (Lipinski definition) is 2. The van der Waals surface area contributed by atoms with Crippen LogP contribution in [0.2, 0.25) is 0 Å². The molecule has 0 atom stereocenters. The van der Waals surface area contributed by atoms with E-state index < -0.39 is 27.7 Å². The molecule has 0 amide bonds. The summed E-state index contributed by atoms with van der Waals surface area (Å²) in [5.41, 5.74) is -0.216. The number of nitrogens with one attached hydrogen (secondary N) is 2. The normalized spacial score (nSPS) is 11.8. The second kappa shape index (κ2) is 9.17. The highest BCUT2D eigenvalue weighted by atomic mass is 32.2. The average Bonchev–Trinajstić information content (AvgIpc) is 2.65. The zero-order valence-electron chi connectivity index (χ0n) is 15.8. The molecule has 29 heavy (non-hydrogen) atoms. The lowest BCUT2D eigenvalue weighted by Crippen LogP contribution is -2.16. The number of alkyl halides is 3. The molecule has 0 heterocycles. The van der Waals surface area contributed by atoms with E-state index in [2.05, 4.69) is 14.8 Å². The van der Waals surface area contributed by atoms with Gasteiger partial charge in [0.2, 0.25) is 0 Å². The van der Waals surface area contributed by atoms with E-state index in [4.69, 9.17) is 0 Å². The molecule has 2 aromatic rings. The molecule has 0 aliphatic rings. The summed E-state index contributed by atoms with van der Waals surface area (Å²) < 4.78 is 71.2. The lowest BCUT2D eigenvalue weighted by molar-refractivity contribution is -0.140. The molecule has 0 aliphatic carbocycles. The molecule has 6 nitrogen and oxygen atoms in total. The first-order valence-electron chi connectivity index (χ1n) is 8.64. The third-order valence-corrected chi connectivity index (χ3v) is 5.40. The van der Waals surface area contributed by atoms with Crippen LogP contribution in [0.25, 0.3) is 0 Å². The van der Waals surface area contributed by atoms with Crippen LogP contribution in [0.5, 0.6) is 0 Å². The van der Waals surface area contributed by atoms with Crippen LogP contribution >= 0.6 is 0 Å². The van der Waals surface area contributed by atoms with Crippen molar-refractivity contribution in [2.45, 2.75) is 30.8 Å². The highest BCUT2D eigenvalue weighted by molar-refractivity contribution is 7.92. The van der Waals surface area contributed by atoms with Gasteiger partial charge in [0.25, 0.3) is 10.0 Å². The molecular formula is C19H21F3N2O4S. The van der Waals surface area contributed by atoms with Gasteiger partial charge in [-0.3, -0.25) is 9.52 Å². The maximum atomic E-state index is 13.1. The number of halogens is 3. The van der Waals surface area contributed by atoms with Crippen molar-refractivity contribution in [3.63, 3.8) is 0 Å². The molecule has 0 spiro atoms. The molecule has 10 heteroatoms. The third kappa shape index (κ3) is 6.38. The highest BCUT2D eigenvalue weighted by Crippen LogP contribution is 2.35. The van der Waals surface area contributed by atoms with Crippen LogP contribution in [-0.4, -0.2) is 28.0 Å². The Morgan fingerprint density at radius 3 is 2.31 bits per heavy atom. The maximum Gasteiger partial charge on any atom is 0.416 e. The Balaban J connectivity index is 2.28. The molecule has 0 bridgehead atoms. The molecule has 0 fully saturated rings. The van der Waals surface area contributed by atoms with Crippen molar-refractivity contribution in [3.05, 3.63) is 53.6 Å². The summed E-state index contributed by atoms with van der Waals surface area (Å²) in [5, 5.41) is 2.85. The summed E-state index contributed by atoms with van der Waals surface area (Å²) in [6.45, 7) is 2.02. The van der Waals surface area contributed by atoms with Crippen molar-refractivity contribution >= 4 is 27.4 Å². The van der Waals surface area contributed by atoms with E-state index in [-0.39, 0.29) is 29.2 Å². The van der Waals surface area contributed by atoms with E-state index in [1.807, 2.05) is 0 Å². The molecule has 0 radical (unpaired) electrons. The van der Waals surface area contributed by atoms with Crippen LogP contribution in [0.15, 0.2) is 47.4 Å². The van der Waals surface area contributed by atoms with Gasteiger partial charge in [0.05, 0.1) is 28.9 Å². The zero-order valence-corrected chi connectivity index (χ0v) is 16.7. The summed E-state index contributed by atoms with van der Waals surface area (Å²) >= 11 is 0. The molecule has 2 aromatic carbocycles. The van der Waals surface area contributed by atoms with Crippen LogP contribution in [0.1, 0.15) is 24.0 Å². The molecule has 0 aliphatic heterocycles. The van der Waals surface area contributed by atoms with Gasteiger partial charge in [0.15, 0.2) is 0 Å². The number of benzene rings is 2. The number of ether oxygens (including phenoxy) is 1. The molecule has 158 valence electrons. The predicted octanol–water partition coefficient (Wildman–Crippen LogP) is 4.18. The van der Waals surface area contributed by atoms with E-state index in [0.29, 0.717) is 6.42 Å². The minimum Gasteiger partial charge on any atom is -0.469 e. The van der Waals surface area contributed by atoms with E-state index >= 15 is 0 Å². The second-order valence-corrected chi connectivity index (χ2v) is 7.97. The fourth-order valence-corrected chi connectivity index (χ4v) is 3.51. The number of anilines is 2. The van der Waals surface area contributed by atoms with Gasteiger partial charge < -0.3 is 10.1 Å². The number of sulfonamides is 1. The quantitative estimate of drug-likeness (QED) is 0.485. The van der Waals surface area contributed by atoms with Gasteiger partial charge in [0.1, 0.15) is 0 Å². The standard InChI is InChI=1S/C19H21F3N2O4S/c1-13-5-8-15(9-6-13)29(26,27)24-17-12-14(19(20,21)22)7-10-16(17)23-11-3-4-18(25)28-2/h5-10,12,23-24H,3-4,11H2,1-2H3. The van der Waals surface area contributed by atoms with Crippen molar-refractivity contribution in [1.82, 2.24) is 0 Å². The first kappa shape index (κ1) is 22.5. The van der Waals surface area contributed by atoms with Crippen molar-refractivity contribution in [1.29, 1.82) is 0 Å². The highest BCUT2D eigenvalue weighted by Gasteiger charge is 2.31. The first-order valence-corrected chi connectivity index (χ1v) is 10.1. The smallest absolute Gasteiger partial charge is 0.416 e. The molecule has 0 aromatic heterocycles. The fourth-order valence-electron chi connectivity index (χ4n) is 2.44. The van der Waals surface area contributed by atoms with Crippen molar-refractivity contribution in [3.8, 4) is 0 Å². The first-order chi connectivity index (χ1) is 13.5. The number of hydrogen-bond acceptors (Lipinski definition) is 5. The summed E-state index contributed by atoms with van der Waals surface area (Å²) in [6, 6.07) is 8.65. The van der Waals surface area contributed by atoms with Gasteiger partial charge in [-0.15, -0.1) is 0 Å². The van der Waals surface area contributed by atoms with Gasteiger partial charge >= 0.3 is 12.1 Å². The Bertz CT molecular complexity index is 958. The zero-order chi connectivity index (χ0) is 21.7. The van der Waals surface area contributed by atoms with E-state index in [1.165, 1.54) is 19.2 Å².